The summed E-state index contributed by atoms with van der Waals surface area (Å²) >= 11 is 7.86. The third-order valence-electron chi connectivity index (χ3n) is 5.07. The molecule has 7 heteroatoms. The van der Waals surface area contributed by atoms with Crippen molar-refractivity contribution in [3.8, 4) is 5.69 Å². The molecule has 0 radical (unpaired) electrons. The van der Waals surface area contributed by atoms with Crippen molar-refractivity contribution in [1.29, 1.82) is 0 Å². The van der Waals surface area contributed by atoms with E-state index in [1.54, 1.807) is 16.3 Å². The first-order valence-electron chi connectivity index (χ1n) is 9.46. The lowest BCUT2D eigenvalue weighted by atomic mass is 10.2. The average Bonchev–Trinajstić information content (AvgIpc) is 3.18. The number of aromatic nitrogens is 4. The van der Waals surface area contributed by atoms with Crippen LogP contribution in [0, 0.1) is 6.92 Å². The van der Waals surface area contributed by atoms with E-state index < -0.39 is 0 Å². The summed E-state index contributed by atoms with van der Waals surface area (Å²) in [7, 11) is 0. The van der Waals surface area contributed by atoms with Crippen molar-refractivity contribution >= 4 is 40.0 Å². The second-order valence-corrected chi connectivity index (χ2v) is 8.29. The quantitative estimate of drug-likeness (QED) is 0.362. The molecular weight excluding hydrogens is 416 g/mol. The molecule has 148 valence electrons. The zero-order valence-electron chi connectivity index (χ0n) is 16.1. The van der Waals surface area contributed by atoms with Gasteiger partial charge in [-0.15, -0.1) is 10.2 Å². The van der Waals surface area contributed by atoms with Crippen LogP contribution >= 0.6 is 23.4 Å². The fourth-order valence-electron chi connectivity index (χ4n) is 3.56. The highest BCUT2D eigenvalue weighted by Gasteiger charge is 2.18. The molecule has 3 aromatic carbocycles. The van der Waals surface area contributed by atoms with E-state index in [0.29, 0.717) is 22.1 Å². The number of para-hydroxylation sites is 2. The summed E-state index contributed by atoms with van der Waals surface area (Å²) in [5.41, 5.74) is 3.49. The van der Waals surface area contributed by atoms with Crippen LogP contribution in [-0.2, 0) is 5.75 Å². The summed E-state index contributed by atoms with van der Waals surface area (Å²) in [6.45, 7) is 1.98. The molecule has 5 nitrogen and oxygen atoms in total. The van der Waals surface area contributed by atoms with Gasteiger partial charge in [0.05, 0.1) is 16.6 Å². The topological polar surface area (TPSA) is 52.2 Å². The van der Waals surface area contributed by atoms with Gasteiger partial charge in [0.15, 0.2) is 5.16 Å². The van der Waals surface area contributed by atoms with Gasteiger partial charge in [-0.2, -0.15) is 0 Å². The minimum atomic E-state index is -0.109. The van der Waals surface area contributed by atoms with Crippen LogP contribution in [0.2, 0.25) is 5.02 Å². The van der Waals surface area contributed by atoms with Crippen molar-refractivity contribution in [2.24, 2.45) is 0 Å². The minimum Gasteiger partial charge on any atom is -0.268 e. The lowest BCUT2D eigenvalue weighted by Crippen LogP contribution is -2.22. The number of fused-ring (bicyclic) bond motifs is 3. The maximum absolute atomic E-state index is 13.4. The molecule has 0 saturated carbocycles. The lowest BCUT2D eigenvalue weighted by Gasteiger charge is -2.13. The Labute approximate surface area is 182 Å². The number of hydrogen-bond acceptors (Lipinski definition) is 4. The molecule has 0 N–H and O–H groups in total. The molecule has 2 heterocycles. The molecule has 0 fully saturated rings. The first kappa shape index (κ1) is 18.9. The first-order chi connectivity index (χ1) is 14.6. The van der Waals surface area contributed by atoms with Gasteiger partial charge in [-0.1, -0.05) is 71.9 Å². The molecule has 0 aliphatic carbocycles. The standard InChI is InChI=1S/C23H17ClN4OS/c1-15-8-2-6-12-19(15)27-21(29)17-10-4-7-13-20(17)28-22(27)25-26-23(28)30-14-16-9-3-5-11-18(16)24/h2-13H,14H2,1H3. The number of nitrogens with zero attached hydrogens (tertiary/aromatic N) is 4. The largest absolute Gasteiger partial charge is 0.268 e. The number of halogens is 1. The minimum absolute atomic E-state index is 0.109. The van der Waals surface area contributed by atoms with Gasteiger partial charge in [0.2, 0.25) is 5.78 Å². The molecule has 0 spiro atoms. The van der Waals surface area contributed by atoms with Gasteiger partial charge in [0.1, 0.15) is 0 Å². The van der Waals surface area contributed by atoms with Crippen molar-refractivity contribution < 1.29 is 0 Å². The van der Waals surface area contributed by atoms with Gasteiger partial charge < -0.3 is 0 Å². The monoisotopic (exact) mass is 432 g/mol. The average molecular weight is 433 g/mol. The molecular formula is C23H17ClN4OS. The number of rotatable bonds is 4. The maximum Gasteiger partial charge on any atom is 0.267 e. The highest BCUT2D eigenvalue weighted by Crippen LogP contribution is 2.28. The van der Waals surface area contributed by atoms with E-state index in [0.717, 1.165) is 27.4 Å². The molecule has 5 rings (SSSR count). The molecule has 2 aromatic heterocycles. The molecule has 0 aliphatic rings. The molecule has 0 bridgehead atoms. The van der Waals surface area contributed by atoms with Gasteiger partial charge in [-0.3, -0.25) is 9.20 Å². The third kappa shape index (κ3) is 3.09. The Kier molecular flexibility index (Phi) is 4.81. The van der Waals surface area contributed by atoms with Crippen LogP contribution in [0.25, 0.3) is 22.4 Å². The first-order valence-corrected chi connectivity index (χ1v) is 10.8. The van der Waals surface area contributed by atoms with Crippen LogP contribution in [0.15, 0.2) is 82.7 Å². The van der Waals surface area contributed by atoms with Crippen molar-refractivity contribution in [1.82, 2.24) is 19.2 Å². The number of hydrogen-bond donors (Lipinski definition) is 0. The predicted octanol–water partition coefficient (Wildman–Crippen LogP) is 5.29. The molecule has 0 unspecified atom stereocenters. The highest BCUT2D eigenvalue weighted by molar-refractivity contribution is 7.98. The Bertz CT molecular complexity index is 1460. The van der Waals surface area contributed by atoms with Crippen LogP contribution in [0.4, 0.5) is 0 Å². The van der Waals surface area contributed by atoms with Crippen molar-refractivity contribution in [3.05, 3.63) is 99.3 Å². The van der Waals surface area contributed by atoms with E-state index in [-0.39, 0.29) is 5.56 Å². The molecule has 5 aromatic rings. The van der Waals surface area contributed by atoms with Crippen molar-refractivity contribution in [3.63, 3.8) is 0 Å². The summed E-state index contributed by atoms with van der Waals surface area (Å²) in [5, 5.41) is 10.9. The SMILES string of the molecule is Cc1ccccc1-n1c(=O)c2ccccc2n2c(SCc3ccccc3Cl)nnc12. The van der Waals surface area contributed by atoms with Crippen LogP contribution < -0.4 is 5.56 Å². The van der Waals surface area contributed by atoms with Gasteiger partial charge >= 0.3 is 0 Å². The Hall–Kier alpha value is -3.09. The summed E-state index contributed by atoms with van der Waals surface area (Å²) in [6.07, 6.45) is 0. The fraction of sp³-hybridized carbons (Fsp3) is 0.0870. The number of thioether (sulfide) groups is 1. The lowest BCUT2D eigenvalue weighted by molar-refractivity contribution is 0.928. The third-order valence-corrected chi connectivity index (χ3v) is 6.41. The summed E-state index contributed by atoms with van der Waals surface area (Å²) in [4.78, 5) is 13.4. The van der Waals surface area contributed by atoms with E-state index in [1.807, 2.05) is 84.1 Å². The van der Waals surface area contributed by atoms with Crippen LogP contribution in [-0.4, -0.2) is 19.2 Å². The summed E-state index contributed by atoms with van der Waals surface area (Å²) in [5.74, 6) is 1.15. The Morgan fingerprint density at radius 2 is 1.67 bits per heavy atom. The van der Waals surface area contributed by atoms with Gasteiger partial charge in [-0.25, -0.2) is 4.57 Å². The molecule has 0 aliphatic heterocycles. The zero-order valence-corrected chi connectivity index (χ0v) is 17.7. The van der Waals surface area contributed by atoms with Gasteiger partial charge in [0, 0.05) is 10.8 Å². The Morgan fingerprint density at radius 1 is 0.933 bits per heavy atom. The smallest absolute Gasteiger partial charge is 0.267 e. The van der Waals surface area contributed by atoms with E-state index in [4.69, 9.17) is 11.6 Å². The molecule has 0 atom stereocenters. The van der Waals surface area contributed by atoms with E-state index in [2.05, 4.69) is 10.2 Å². The molecule has 30 heavy (non-hydrogen) atoms. The van der Waals surface area contributed by atoms with Crippen LogP contribution in [0.5, 0.6) is 0 Å². The van der Waals surface area contributed by atoms with E-state index in [9.17, 15) is 4.79 Å². The number of aryl methyl sites for hydroxylation is 1. The van der Waals surface area contributed by atoms with Crippen LogP contribution in [0.3, 0.4) is 0 Å². The summed E-state index contributed by atoms with van der Waals surface area (Å²) in [6, 6.07) is 23.1. The number of benzene rings is 3. The maximum atomic E-state index is 13.4. The zero-order chi connectivity index (χ0) is 20.7. The fourth-order valence-corrected chi connectivity index (χ4v) is 4.79. The second kappa shape index (κ2) is 7.63. The highest BCUT2D eigenvalue weighted by atomic mass is 35.5. The van der Waals surface area contributed by atoms with E-state index >= 15 is 0 Å². The van der Waals surface area contributed by atoms with E-state index in [1.165, 1.54) is 0 Å². The van der Waals surface area contributed by atoms with Gasteiger partial charge in [-0.05, 0) is 42.3 Å². The normalized spacial score (nSPS) is 11.4. The predicted molar refractivity (Wildman–Crippen MR) is 122 cm³/mol. The Balaban J connectivity index is 1.75. The van der Waals surface area contributed by atoms with Crippen molar-refractivity contribution in [2.75, 3.05) is 0 Å². The molecule has 0 saturated heterocycles. The second-order valence-electron chi connectivity index (χ2n) is 6.94. The van der Waals surface area contributed by atoms with Gasteiger partial charge in [0.25, 0.3) is 5.56 Å². The summed E-state index contributed by atoms with van der Waals surface area (Å²) < 4.78 is 3.59. The molecule has 0 amide bonds. The Morgan fingerprint density at radius 3 is 2.50 bits per heavy atom. The van der Waals surface area contributed by atoms with Crippen LogP contribution in [0.1, 0.15) is 11.1 Å². The van der Waals surface area contributed by atoms with Crippen molar-refractivity contribution in [2.45, 2.75) is 17.8 Å².